The van der Waals surface area contributed by atoms with Gasteiger partial charge in [0.2, 0.25) is 0 Å². The minimum Gasteiger partial charge on any atom is -0.324 e. The van der Waals surface area contributed by atoms with Gasteiger partial charge < -0.3 is 5.73 Å². The van der Waals surface area contributed by atoms with E-state index in [0.717, 1.165) is 17.7 Å². The molecule has 0 saturated heterocycles. The molecule has 1 aromatic heterocycles. The number of hydrogen-bond acceptors (Lipinski definition) is 4. The van der Waals surface area contributed by atoms with E-state index >= 15 is 0 Å². The van der Waals surface area contributed by atoms with E-state index in [1.54, 1.807) is 4.68 Å². The van der Waals surface area contributed by atoms with Crippen LogP contribution in [0.4, 0.5) is 0 Å². The predicted molar refractivity (Wildman–Crippen MR) is 63.3 cm³/mol. The Kier molecular flexibility index (Phi) is 3.17. The molecule has 0 bridgehead atoms. The van der Waals surface area contributed by atoms with Gasteiger partial charge in [0.05, 0.1) is 5.69 Å². The summed E-state index contributed by atoms with van der Waals surface area (Å²) < 4.78 is 1.59. The van der Waals surface area contributed by atoms with Gasteiger partial charge in [-0.3, -0.25) is 0 Å². The van der Waals surface area contributed by atoms with Gasteiger partial charge >= 0.3 is 0 Å². The van der Waals surface area contributed by atoms with Crippen molar-refractivity contribution in [1.82, 2.24) is 14.8 Å². The second-order valence-corrected chi connectivity index (χ2v) is 3.70. The first kappa shape index (κ1) is 11.3. The maximum Gasteiger partial charge on any atom is 0.252 e. The molecule has 0 amide bonds. The van der Waals surface area contributed by atoms with Crippen LogP contribution in [-0.4, -0.2) is 14.8 Å². The average molecular weight is 227 g/mol. The number of rotatable bonds is 3. The zero-order valence-corrected chi connectivity index (χ0v) is 9.54. The van der Waals surface area contributed by atoms with Gasteiger partial charge in [-0.05, 0) is 18.1 Å². The van der Waals surface area contributed by atoms with E-state index in [4.69, 9.17) is 11.0 Å². The van der Waals surface area contributed by atoms with Crippen LogP contribution in [0, 0.1) is 11.3 Å². The molecule has 0 fully saturated rings. The highest BCUT2D eigenvalue weighted by Gasteiger charge is 2.11. The molecule has 0 aliphatic carbocycles. The lowest BCUT2D eigenvalue weighted by Crippen LogP contribution is -2.12. The van der Waals surface area contributed by atoms with Crippen LogP contribution < -0.4 is 5.73 Å². The topological polar surface area (TPSA) is 80.5 Å². The van der Waals surface area contributed by atoms with Gasteiger partial charge in [0.15, 0.2) is 0 Å². The molecule has 0 aliphatic rings. The lowest BCUT2D eigenvalue weighted by molar-refractivity contribution is 0.686. The summed E-state index contributed by atoms with van der Waals surface area (Å²) in [6.45, 7) is 2.03. The maximum atomic E-state index is 8.71. The maximum absolute atomic E-state index is 8.71. The third-order valence-corrected chi connectivity index (χ3v) is 2.61. The fourth-order valence-corrected chi connectivity index (χ4v) is 1.66. The Labute approximate surface area is 99.5 Å². The van der Waals surface area contributed by atoms with Gasteiger partial charge in [0.25, 0.3) is 5.82 Å². The van der Waals surface area contributed by atoms with Crippen molar-refractivity contribution in [1.29, 1.82) is 5.26 Å². The van der Waals surface area contributed by atoms with Crippen LogP contribution in [-0.2, 0) is 0 Å². The van der Waals surface area contributed by atoms with Crippen molar-refractivity contribution in [3.63, 3.8) is 0 Å². The van der Waals surface area contributed by atoms with Gasteiger partial charge in [-0.1, -0.05) is 25.1 Å². The van der Waals surface area contributed by atoms with Gasteiger partial charge in [0, 0.05) is 6.04 Å². The summed E-state index contributed by atoms with van der Waals surface area (Å²) in [7, 11) is 0. The summed E-state index contributed by atoms with van der Waals surface area (Å²) in [5, 5.41) is 12.8. The van der Waals surface area contributed by atoms with E-state index in [0.29, 0.717) is 0 Å². The Morgan fingerprint density at radius 2 is 2.24 bits per heavy atom. The zero-order valence-electron chi connectivity index (χ0n) is 9.54. The van der Waals surface area contributed by atoms with E-state index in [2.05, 4.69) is 10.1 Å². The predicted octanol–water partition coefficient (Wildman–Crippen LogP) is 1.55. The van der Waals surface area contributed by atoms with Gasteiger partial charge in [0.1, 0.15) is 12.4 Å². The highest BCUT2D eigenvalue weighted by Crippen LogP contribution is 2.21. The van der Waals surface area contributed by atoms with Gasteiger partial charge in [-0.15, -0.1) is 5.10 Å². The third-order valence-electron chi connectivity index (χ3n) is 2.61. The molecule has 5 heteroatoms. The smallest absolute Gasteiger partial charge is 0.252 e. The Balaban J connectivity index is 2.48. The molecule has 1 atom stereocenters. The lowest BCUT2D eigenvalue weighted by Gasteiger charge is -2.13. The van der Waals surface area contributed by atoms with Crippen molar-refractivity contribution >= 4 is 0 Å². The minimum atomic E-state index is -0.0408. The Bertz CT molecular complexity index is 552. The molecule has 0 saturated carbocycles. The molecule has 1 heterocycles. The van der Waals surface area contributed by atoms with Crippen LogP contribution in [0.1, 0.15) is 30.8 Å². The summed E-state index contributed by atoms with van der Waals surface area (Å²) >= 11 is 0. The fraction of sp³-hybridized carbons (Fsp3) is 0.250. The number of nitriles is 1. The van der Waals surface area contributed by atoms with Crippen LogP contribution in [0.25, 0.3) is 5.69 Å². The van der Waals surface area contributed by atoms with Crippen molar-refractivity contribution in [2.45, 2.75) is 19.4 Å². The summed E-state index contributed by atoms with van der Waals surface area (Å²) in [6.07, 6.45) is 2.37. The average Bonchev–Trinajstić information content (AvgIpc) is 2.86. The van der Waals surface area contributed by atoms with Crippen LogP contribution in [0.3, 0.4) is 0 Å². The molecule has 2 rings (SSSR count). The second-order valence-electron chi connectivity index (χ2n) is 3.70. The molecule has 0 aliphatic heterocycles. The van der Waals surface area contributed by atoms with Gasteiger partial charge in [-0.2, -0.15) is 5.26 Å². The summed E-state index contributed by atoms with van der Waals surface area (Å²) in [4.78, 5) is 3.89. The Hall–Kier alpha value is -2.19. The molecular weight excluding hydrogens is 214 g/mol. The van der Waals surface area contributed by atoms with Crippen molar-refractivity contribution in [2.75, 3.05) is 0 Å². The number of para-hydroxylation sites is 1. The van der Waals surface area contributed by atoms with Crippen molar-refractivity contribution < 1.29 is 0 Å². The normalized spacial score (nSPS) is 12.1. The van der Waals surface area contributed by atoms with E-state index in [9.17, 15) is 0 Å². The Morgan fingerprint density at radius 3 is 2.88 bits per heavy atom. The summed E-state index contributed by atoms with van der Waals surface area (Å²) in [5.41, 5.74) is 7.92. The third kappa shape index (κ3) is 2.17. The SMILES string of the molecule is CC[C@H](N)c1ccccc1-n1cnc(C#N)n1. The quantitative estimate of drug-likeness (QED) is 0.862. The molecule has 86 valence electrons. The molecule has 0 spiro atoms. The van der Waals surface area contributed by atoms with E-state index in [1.165, 1.54) is 6.33 Å². The monoisotopic (exact) mass is 227 g/mol. The molecule has 5 nitrogen and oxygen atoms in total. The van der Waals surface area contributed by atoms with Crippen LogP contribution in [0.5, 0.6) is 0 Å². The number of hydrogen-bond donors (Lipinski definition) is 1. The molecule has 2 N–H and O–H groups in total. The van der Waals surface area contributed by atoms with Crippen molar-refractivity contribution in [3.8, 4) is 11.8 Å². The number of aromatic nitrogens is 3. The molecular formula is C12H13N5. The number of benzene rings is 1. The fourth-order valence-electron chi connectivity index (χ4n) is 1.66. The van der Waals surface area contributed by atoms with E-state index < -0.39 is 0 Å². The molecule has 0 radical (unpaired) electrons. The van der Waals surface area contributed by atoms with E-state index in [-0.39, 0.29) is 11.9 Å². The lowest BCUT2D eigenvalue weighted by atomic mass is 10.0. The highest BCUT2D eigenvalue weighted by molar-refractivity contribution is 5.42. The first-order valence-corrected chi connectivity index (χ1v) is 5.43. The largest absolute Gasteiger partial charge is 0.324 e. The standard InChI is InChI=1S/C12H13N5/c1-2-10(14)9-5-3-4-6-11(9)17-8-15-12(7-13)16-17/h3-6,8,10H,2,14H2,1H3/t10-/m0/s1. The first-order chi connectivity index (χ1) is 8.26. The summed E-state index contributed by atoms with van der Waals surface area (Å²) in [6, 6.07) is 9.60. The minimum absolute atomic E-state index is 0.0408. The number of nitrogens with zero attached hydrogens (tertiary/aromatic N) is 4. The Morgan fingerprint density at radius 1 is 1.47 bits per heavy atom. The summed E-state index contributed by atoms with van der Waals surface area (Å²) in [5.74, 6) is 0.157. The molecule has 1 aromatic carbocycles. The van der Waals surface area contributed by atoms with Crippen LogP contribution in [0.15, 0.2) is 30.6 Å². The molecule has 17 heavy (non-hydrogen) atoms. The zero-order chi connectivity index (χ0) is 12.3. The number of nitrogens with two attached hydrogens (primary N) is 1. The molecule has 2 aromatic rings. The van der Waals surface area contributed by atoms with Crippen molar-refractivity contribution in [2.24, 2.45) is 5.73 Å². The highest BCUT2D eigenvalue weighted by atomic mass is 15.3. The van der Waals surface area contributed by atoms with Crippen LogP contribution >= 0.6 is 0 Å². The van der Waals surface area contributed by atoms with E-state index in [1.807, 2.05) is 37.3 Å². The van der Waals surface area contributed by atoms with Crippen LogP contribution in [0.2, 0.25) is 0 Å². The van der Waals surface area contributed by atoms with Gasteiger partial charge in [-0.25, -0.2) is 9.67 Å². The second kappa shape index (κ2) is 4.76. The molecule has 0 unspecified atom stereocenters. The first-order valence-electron chi connectivity index (χ1n) is 5.43. The van der Waals surface area contributed by atoms with Crippen molar-refractivity contribution in [3.05, 3.63) is 42.0 Å².